The maximum atomic E-state index is 12.9. The molecule has 0 radical (unpaired) electrons. The molecule has 0 aliphatic carbocycles. The Balaban J connectivity index is 1.81. The summed E-state index contributed by atoms with van der Waals surface area (Å²) in [5.74, 6) is 0.368. The molecule has 2 aromatic heterocycles. The van der Waals surface area contributed by atoms with E-state index in [4.69, 9.17) is 11.6 Å². The van der Waals surface area contributed by atoms with E-state index in [-0.39, 0.29) is 4.90 Å². The van der Waals surface area contributed by atoms with Crippen LogP contribution in [0.4, 0.5) is 5.82 Å². The number of thiophene rings is 1. The number of nitrogens with zero attached hydrogens (tertiary/aromatic N) is 2. The third-order valence-electron chi connectivity index (χ3n) is 4.19. The van der Waals surface area contributed by atoms with E-state index in [0.717, 1.165) is 16.1 Å². The van der Waals surface area contributed by atoms with Gasteiger partial charge in [0.1, 0.15) is 11.5 Å². The minimum absolute atomic E-state index is 0.132. The van der Waals surface area contributed by atoms with Gasteiger partial charge >= 0.3 is 0 Å². The van der Waals surface area contributed by atoms with Gasteiger partial charge in [0.25, 0.3) is 10.0 Å². The Kier molecular flexibility index (Phi) is 4.97. The number of para-hydroxylation sites is 1. The van der Waals surface area contributed by atoms with E-state index in [1.54, 1.807) is 34.2 Å². The van der Waals surface area contributed by atoms with Crippen molar-refractivity contribution in [3.63, 3.8) is 0 Å². The molecule has 0 bridgehead atoms. The van der Waals surface area contributed by atoms with Crippen molar-refractivity contribution in [2.24, 2.45) is 0 Å². The maximum Gasteiger partial charge on any atom is 0.263 e. The lowest BCUT2D eigenvalue weighted by Gasteiger charge is -2.12. The van der Waals surface area contributed by atoms with Gasteiger partial charge in [-0.05, 0) is 54.3 Å². The normalized spacial score (nSPS) is 11.5. The van der Waals surface area contributed by atoms with E-state index in [1.807, 2.05) is 48.7 Å². The zero-order valence-electron chi connectivity index (χ0n) is 14.8. The first-order chi connectivity index (χ1) is 13.4. The molecule has 4 rings (SSSR count). The Morgan fingerprint density at radius 1 is 1.04 bits per heavy atom. The summed E-state index contributed by atoms with van der Waals surface area (Å²) in [6.07, 6.45) is 0. The van der Waals surface area contributed by atoms with Crippen LogP contribution < -0.4 is 4.72 Å². The Morgan fingerprint density at radius 2 is 1.79 bits per heavy atom. The van der Waals surface area contributed by atoms with E-state index < -0.39 is 10.0 Å². The van der Waals surface area contributed by atoms with Crippen molar-refractivity contribution >= 4 is 38.8 Å². The summed E-state index contributed by atoms with van der Waals surface area (Å²) in [7, 11) is -3.79. The molecule has 5 nitrogen and oxygen atoms in total. The van der Waals surface area contributed by atoms with E-state index in [1.165, 1.54) is 12.1 Å². The fourth-order valence-corrected chi connectivity index (χ4v) is 4.63. The van der Waals surface area contributed by atoms with Gasteiger partial charge in [0, 0.05) is 11.1 Å². The number of anilines is 1. The van der Waals surface area contributed by atoms with Crippen LogP contribution in [0, 0.1) is 6.92 Å². The molecular formula is C20H16ClN3O2S2. The summed E-state index contributed by atoms with van der Waals surface area (Å²) < 4.78 is 30.1. The second-order valence-electron chi connectivity index (χ2n) is 6.15. The van der Waals surface area contributed by atoms with Crippen molar-refractivity contribution in [3.8, 4) is 16.3 Å². The van der Waals surface area contributed by atoms with Crippen LogP contribution in [0.2, 0.25) is 5.02 Å². The molecule has 0 fully saturated rings. The maximum absolute atomic E-state index is 12.9. The predicted octanol–water partition coefficient (Wildman–Crippen LogP) is 5.36. The lowest BCUT2D eigenvalue weighted by atomic mass is 10.2. The number of hydrogen-bond acceptors (Lipinski definition) is 4. The largest absolute Gasteiger partial charge is 0.263 e. The molecule has 4 aromatic rings. The fraction of sp³-hybridized carbons (Fsp3) is 0.0500. The molecule has 1 N–H and O–H groups in total. The predicted molar refractivity (Wildman–Crippen MR) is 114 cm³/mol. The van der Waals surface area contributed by atoms with Crippen molar-refractivity contribution in [3.05, 3.63) is 82.7 Å². The SMILES string of the molecule is Cc1ccccc1-n1nc(-c2cccs2)cc1NS(=O)(=O)c1ccc(Cl)cc1. The summed E-state index contributed by atoms with van der Waals surface area (Å²) in [6, 6.07) is 19.4. The highest BCUT2D eigenvalue weighted by atomic mass is 35.5. The van der Waals surface area contributed by atoms with Gasteiger partial charge in [-0.2, -0.15) is 5.10 Å². The second-order valence-corrected chi connectivity index (χ2v) is 9.22. The Bertz CT molecular complexity index is 1210. The van der Waals surface area contributed by atoms with Crippen LogP contribution in [-0.2, 0) is 10.0 Å². The zero-order chi connectivity index (χ0) is 19.7. The smallest absolute Gasteiger partial charge is 0.263 e. The van der Waals surface area contributed by atoms with Crippen LogP contribution in [-0.4, -0.2) is 18.2 Å². The van der Waals surface area contributed by atoms with E-state index in [9.17, 15) is 8.42 Å². The van der Waals surface area contributed by atoms with Gasteiger partial charge in [-0.3, -0.25) is 4.72 Å². The van der Waals surface area contributed by atoms with Gasteiger partial charge in [-0.25, -0.2) is 13.1 Å². The highest BCUT2D eigenvalue weighted by molar-refractivity contribution is 7.92. The summed E-state index contributed by atoms with van der Waals surface area (Å²) in [5, 5.41) is 7.09. The van der Waals surface area contributed by atoms with Crippen LogP contribution in [0.3, 0.4) is 0 Å². The Morgan fingerprint density at radius 3 is 2.46 bits per heavy atom. The van der Waals surface area contributed by atoms with Gasteiger partial charge in [-0.1, -0.05) is 35.9 Å². The first kappa shape index (κ1) is 18.7. The first-order valence-corrected chi connectivity index (χ1v) is 11.2. The van der Waals surface area contributed by atoms with Gasteiger partial charge in [0.2, 0.25) is 0 Å². The number of aromatic nitrogens is 2. The molecule has 28 heavy (non-hydrogen) atoms. The standard InChI is InChI=1S/C20H16ClN3O2S2/c1-14-5-2-3-6-18(14)24-20(13-17(22-24)19-7-4-12-27-19)23-28(25,26)16-10-8-15(21)9-11-16/h2-13,23H,1H3. The third-order valence-corrected chi connectivity index (χ3v) is 6.70. The van der Waals surface area contributed by atoms with E-state index >= 15 is 0 Å². The Labute approximate surface area is 172 Å². The molecule has 2 heterocycles. The fourth-order valence-electron chi connectivity index (χ4n) is 2.79. The van der Waals surface area contributed by atoms with Crippen LogP contribution in [0.25, 0.3) is 16.3 Å². The number of aryl methyl sites for hydroxylation is 1. The van der Waals surface area contributed by atoms with Crippen LogP contribution >= 0.6 is 22.9 Å². The quantitative estimate of drug-likeness (QED) is 0.464. The molecule has 0 saturated heterocycles. The minimum Gasteiger partial charge on any atom is -0.263 e. The van der Waals surface area contributed by atoms with Crippen molar-refractivity contribution < 1.29 is 8.42 Å². The molecule has 0 amide bonds. The summed E-state index contributed by atoms with van der Waals surface area (Å²) >= 11 is 7.42. The number of benzene rings is 2. The van der Waals surface area contributed by atoms with Crippen molar-refractivity contribution in [1.82, 2.24) is 9.78 Å². The first-order valence-electron chi connectivity index (χ1n) is 8.42. The summed E-state index contributed by atoms with van der Waals surface area (Å²) in [6.45, 7) is 1.96. The van der Waals surface area contributed by atoms with Crippen molar-refractivity contribution in [2.45, 2.75) is 11.8 Å². The molecule has 8 heteroatoms. The lowest BCUT2D eigenvalue weighted by molar-refractivity contribution is 0.600. The Hall–Kier alpha value is -2.61. The highest BCUT2D eigenvalue weighted by Gasteiger charge is 2.20. The molecular weight excluding hydrogens is 414 g/mol. The molecule has 0 spiro atoms. The molecule has 0 aliphatic heterocycles. The summed E-state index contributed by atoms with van der Waals surface area (Å²) in [5.41, 5.74) is 2.49. The van der Waals surface area contributed by atoms with Crippen molar-refractivity contribution in [2.75, 3.05) is 4.72 Å². The van der Waals surface area contributed by atoms with Crippen LogP contribution in [0.15, 0.2) is 77.0 Å². The topological polar surface area (TPSA) is 64.0 Å². The van der Waals surface area contributed by atoms with Crippen LogP contribution in [0.5, 0.6) is 0 Å². The minimum atomic E-state index is -3.79. The number of nitrogens with one attached hydrogen (secondary N) is 1. The zero-order valence-corrected chi connectivity index (χ0v) is 17.2. The van der Waals surface area contributed by atoms with Gasteiger partial charge in [-0.15, -0.1) is 11.3 Å². The van der Waals surface area contributed by atoms with Gasteiger partial charge in [0.15, 0.2) is 0 Å². The number of rotatable bonds is 5. The van der Waals surface area contributed by atoms with E-state index in [0.29, 0.717) is 16.5 Å². The lowest BCUT2D eigenvalue weighted by Crippen LogP contribution is -2.16. The average molecular weight is 430 g/mol. The highest BCUT2D eigenvalue weighted by Crippen LogP contribution is 2.30. The van der Waals surface area contributed by atoms with Gasteiger partial charge in [0.05, 0.1) is 15.5 Å². The molecule has 0 unspecified atom stereocenters. The molecule has 0 saturated carbocycles. The van der Waals surface area contributed by atoms with Gasteiger partial charge < -0.3 is 0 Å². The number of halogens is 1. The summed E-state index contributed by atoms with van der Waals surface area (Å²) in [4.78, 5) is 1.09. The van der Waals surface area contributed by atoms with Crippen molar-refractivity contribution in [1.29, 1.82) is 0 Å². The molecule has 0 atom stereocenters. The second kappa shape index (κ2) is 7.43. The van der Waals surface area contributed by atoms with Crippen LogP contribution in [0.1, 0.15) is 5.56 Å². The molecule has 0 aliphatic rings. The van der Waals surface area contributed by atoms with E-state index in [2.05, 4.69) is 9.82 Å². The number of hydrogen-bond donors (Lipinski definition) is 1. The molecule has 142 valence electrons. The monoisotopic (exact) mass is 429 g/mol. The average Bonchev–Trinajstić information content (AvgIpc) is 3.32. The third kappa shape index (κ3) is 3.69. The molecule has 2 aromatic carbocycles. The number of sulfonamides is 1.